The summed E-state index contributed by atoms with van der Waals surface area (Å²) in [6.07, 6.45) is 1.57. The van der Waals surface area contributed by atoms with E-state index in [4.69, 9.17) is 21.1 Å². The van der Waals surface area contributed by atoms with Gasteiger partial charge in [0.15, 0.2) is 6.61 Å². The normalized spacial score (nSPS) is 10.4. The van der Waals surface area contributed by atoms with E-state index in [0.29, 0.717) is 29.7 Å². The summed E-state index contributed by atoms with van der Waals surface area (Å²) in [5, 5.41) is 7.50. The second kappa shape index (κ2) is 9.75. The van der Waals surface area contributed by atoms with Crippen molar-refractivity contribution in [2.24, 2.45) is 0 Å². The van der Waals surface area contributed by atoms with Gasteiger partial charge in [-0.25, -0.2) is 9.48 Å². The SMILES string of the molecule is CCOc1ccccc1C(=O)OCC(=O)Nc1ccnn1Cc1ccccc1Cl. The van der Waals surface area contributed by atoms with E-state index in [2.05, 4.69) is 10.4 Å². The molecule has 7 nitrogen and oxygen atoms in total. The fourth-order valence-electron chi connectivity index (χ4n) is 2.66. The predicted molar refractivity (Wildman–Crippen MR) is 109 cm³/mol. The van der Waals surface area contributed by atoms with Crippen molar-refractivity contribution in [3.8, 4) is 5.75 Å². The number of hydrogen-bond donors (Lipinski definition) is 1. The third-order valence-corrected chi connectivity index (χ3v) is 4.37. The van der Waals surface area contributed by atoms with Crippen LogP contribution in [0.1, 0.15) is 22.8 Å². The highest BCUT2D eigenvalue weighted by Crippen LogP contribution is 2.20. The second-order valence-corrected chi connectivity index (χ2v) is 6.43. The molecule has 2 aromatic carbocycles. The monoisotopic (exact) mass is 413 g/mol. The second-order valence-electron chi connectivity index (χ2n) is 6.02. The smallest absolute Gasteiger partial charge is 0.342 e. The number of hydrogen-bond acceptors (Lipinski definition) is 5. The molecule has 8 heteroatoms. The quantitative estimate of drug-likeness (QED) is 0.568. The average molecular weight is 414 g/mol. The molecule has 0 unspecified atom stereocenters. The van der Waals surface area contributed by atoms with Crippen LogP contribution in [0, 0.1) is 0 Å². The number of halogens is 1. The van der Waals surface area contributed by atoms with Crippen molar-refractivity contribution in [1.82, 2.24) is 9.78 Å². The molecule has 0 bridgehead atoms. The number of ether oxygens (including phenoxy) is 2. The van der Waals surface area contributed by atoms with Gasteiger partial charge in [0.25, 0.3) is 5.91 Å². The Balaban J connectivity index is 1.59. The van der Waals surface area contributed by atoms with E-state index in [0.717, 1.165) is 5.56 Å². The highest BCUT2D eigenvalue weighted by atomic mass is 35.5. The number of esters is 1. The van der Waals surface area contributed by atoms with Crippen LogP contribution in [0.3, 0.4) is 0 Å². The Kier molecular flexibility index (Phi) is 6.86. The molecule has 0 fully saturated rings. The van der Waals surface area contributed by atoms with Gasteiger partial charge in [-0.2, -0.15) is 5.10 Å². The Hall–Kier alpha value is -3.32. The molecule has 0 spiro atoms. The summed E-state index contributed by atoms with van der Waals surface area (Å²) in [4.78, 5) is 24.5. The molecule has 1 amide bonds. The number of rotatable bonds is 8. The minimum Gasteiger partial charge on any atom is -0.493 e. The lowest BCUT2D eigenvalue weighted by atomic mass is 10.2. The Morgan fingerprint density at radius 1 is 1.10 bits per heavy atom. The third-order valence-electron chi connectivity index (χ3n) is 4.00. The first-order valence-electron chi connectivity index (χ1n) is 9.02. The molecule has 0 saturated heterocycles. The van der Waals surface area contributed by atoms with Crippen molar-refractivity contribution >= 4 is 29.3 Å². The van der Waals surface area contributed by atoms with Crippen molar-refractivity contribution in [3.05, 3.63) is 76.9 Å². The van der Waals surface area contributed by atoms with Crippen molar-refractivity contribution in [2.45, 2.75) is 13.5 Å². The predicted octanol–water partition coefficient (Wildman–Crippen LogP) is 3.78. The van der Waals surface area contributed by atoms with Crippen LogP contribution in [0.15, 0.2) is 60.8 Å². The lowest BCUT2D eigenvalue weighted by molar-refractivity contribution is -0.119. The summed E-state index contributed by atoms with van der Waals surface area (Å²) in [5.74, 6) is -0.221. The van der Waals surface area contributed by atoms with Crippen LogP contribution in [-0.2, 0) is 16.1 Å². The molecule has 0 saturated carbocycles. The number of aromatic nitrogens is 2. The van der Waals surface area contributed by atoms with E-state index >= 15 is 0 Å². The Morgan fingerprint density at radius 3 is 2.66 bits per heavy atom. The van der Waals surface area contributed by atoms with Crippen LogP contribution in [-0.4, -0.2) is 34.9 Å². The highest BCUT2D eigenvalue weighted by Gasteiger charge is 2.16. The maximum absolute atomic E-state index is 12.3. The van der Waals surface area contributed by atoms with Crippen LogP contribution >= 0.6 is 11.6 Å². The van der Waals surface area contributed by atoms with Gasteiger partial charge in [-0.05, 0) is 30.7 Å². The molecule has 150 valence electrons. The van der Waals surface area contributed by atoms with E-state index < -0.39 is 18.5 Å². The summed E-state index contributed by atoms with van der Waals surface area (Å²) in [5.41, 5.74) is 1.14. The van der Waals surface area contributed by atoms with Crippen molar-refractivity contribution < 1.29 is 19.1 Å². The molecule has 1 N–H and O–H groups in total. The lowest BCUT2D eigenvalue weighted by Crippen LogP contribution is -2.23. The molecular formula is C21H20ClN3O4. The first kappa shape index (κ1) is 20.4. The summed E-state index contributed by atoms with van der Waals surface area (Å²) >= 11 is 6.18. The largest absolute Gasteiger partial charge is 0.493 e. The fourth-order valence-corrected chi connectivity index (χ4v) is 2.85. The molecule has 1 heterocycles. The van der Waals surface area contributed by atoms with E-state index in [-0.39, 0.29) is 5.56 Å². The minimum atomic E-state index is -0.631. The van der Waals surface area contributed by atoms with E-state index in [1.165, 1.54) is 0 Å². The minimum absolute atomic E-state index is 0.269. The number of carbonyl (C=O) groups excluding carboxylic acids is 2. The third kappa shape index (κ3) is 5.36. The summed E-state index contributed by atoms with van der Waals surface area (Å²) in [6.45, 7) is 2.20. The molecule has 0 aliphatic rings. The number of amides is 1. The lowest BCUT2D eigenvalue weighted by Gasteiger charge is -2.11. The first-order valence-corrected chi connectivity index (χ1v) is 9.40. The standard InChI is InChI=1S/C21H20ClN3O4/c1-2-28-18-10-6-4-8-16(18)21(27)29-14-20(26)24-19-11-12-23-25(19)13-15-7-3-5-9-17(15)22/h3-12H,2,13-14H2,1H3,(H,24,26). The van der Waals surface area contributed by atoms with Gasteiger partial charge in [0.05, 0.1) is 19.3 Å². The van der Waals surface area contributed by atoms with Gasteiger partial charge in [-0.1, -0.05) is 41.9 Å². The van der Waals surface area contributed by atoms with Gasteiger partial charge in [-0.15, -0.1) is 0 Å². The van der Waals surface area contributed by atoms with Crippen LogP contribution < -0.4 is 10.1 Å². The molecule has 0 radical (unpaired) electrons. The van der Waals surface area contributed by atoms with E-state index in [1.807, 2.05) is 25.1 Å². The maximum atomic E-state index is 12.3. The van der Waals surface area contributed by atoms with Crippen LogP contribution in [0.4, 0.5) is 5.82 Å². The number of anilines is 1. The van der Waals surface area contributed by atoms with Crippen LogP contribution in [0.5, 0.6) is 5.75 Å². The average Bonchev–Trinajstić information content (AvgIpc) is 3.15. The zero-order chi connectivity index (χ0) is 20.6. The maximum Gasteiger partial charge on any atom is 0.342 e. The van der Waals surface area contributed by atoms with Crippen molar-refractivity contribution in [1.29, 1.82) is 0 Å². The molecule has 0 atom stereocenters. The van der Waals surface area contributed by atoms with Crippen LogP contribution in [0.2, 0.25) is 5.02 Å². The number of para-hydroxylation sites is 1. The zero-order valence-electron chi connectivity index (χ0n) is 15.8. The van der Waals surface area contributed by atoms with Gasteiger partial charge in [0, 0.05) is 11.1 Å². The first-order chi connectivity index (χ1) is 14.1. The molecule has 3 rings (SSSR count). The molecule has 0 aliphatic heterocycles. The molecule has 3 aromatic rings. The van der Waals surface area contributed by atoms with Crippen molar-refractivity contribution in [3.63, 3.8) is 0 Å². The van der Waals surface area contributed by atoms with E-state index in [9.17, 15) is 9.59 Å². The highest BCUT2D eigenvalue weighted by molar-refractivity contribution is 6.31. The van der Waals surface area contributed by atoms with E-state index in [1.54, 1.807) is 47.3 Å². The van der Waals surface area contributed by atoms with Crippen LogP contribution in [0.25, 0.3) is 0 Å². The van der Waals surface area contributed by atoms with Gasteiger partial charge in [0.2, 0.25) is 0 Å². The summed E-state index contributed by atoms with van der Waals surface area (Å²) in [7, 11) is 0. The fraction of sp³-hybridized carbons (Fsp3) is 0.190. The molecular weight excluding hydrogens is 394 g/mol. The van der Waals surface area contributed by atoms with Gasteiger partial charge in [-0.3, -0.25) is 4.79 Å². The number of benzene rings is 2. The Labute approximate surface area is 173 Å². The molecule has 29 heavy (non-hydrogen) atoms. The number of nitrogens with one attached hydrogen (secondary N) is 1. The zero-order valence-corrected chi connectivity index (χ0v) is 16.6. The number of nitrogens with zero attached hydrogens (tertiary/aromatic N) is 2. The molecule has 1 aromatic heterocycles. The number of carbonyl (C=O) groups is 2. The Morgan fingerprint density at radius 2 is 1.86 bits per heavy atom. The molecule has 0 aliphatic carbocycles. The summed E-state index contributed by atoms with van der Waals surface area (Å²) < 4.78 is 12.1. The van der Waals surface area contributed by atoms with Gasteiger partial charge < -0.3 is 14.8 Å². The Bertz CT molecular complexity index is 1000. The van der Waals surface area contributed by atoms with Crippen molar-refractivity contribution in [2.75, 3.05) is 18.5 Å². The van der Waals surface area contributed by atoms with Gasteiger partial charge in [0.1, 0.15) is 17.1 Å². The topological polar surface area (TPSA) is 82.4 Å². The summed E-state index contributed by atoms with van der Waals surface area (Å²) in [6, 6.07) is 15.8. The van der Waals surface area contributed by atoms with Gasteiger partial charge >= 0.3 is 5.97 Å².